The molecule has 2 nitrogen and oxygen atoms in total. The maximum Gasteiger partial charge on any atom is 0.126 e. The monoisotopic (exact) mass is 403 g/mol. The van der Waals surface area contributed by atoms with E-state index in [1.54, 1.807) is 11.3 Å². The summed E-state index contributed by atoms with van der Waals surface area (Å²) in [6, 6.07) is 6.24. The van der Waals surface area contributed by atoms with Crippen LogP contribution in [0.5, 0.6) is 5.75 Å². The summed E-state index contributed by atoms with van der Waals surface area (Å²) in [5, 5.41) is 2.06. The molecule has 0 unspecified atom stereocenters. The molecule has 0 fully saturated rings. The zero-order valence-corrected chi connectivity index (χ0v) is 14.6. The van der Waals surface area contributed by atoms with E-state index in [1.807, 2.05) is 0 Å². The number of hydrogen-bond acceptors (Lipinski definition) is 3. The molecule has 0 aliphatic rings. The highest BCUT2D eigenvalue weighted by molar-refractivity contribution is 9.10. The Labute approximate surface area is 134 Å². The largest absolute Gasteiger partial charge is 0.488 e. The van der Waals surface area contributed by atoms with E-state index in [2.05, 4.69) is 62.4 Å². The Bertz CT molecular complexity index is 569. The maximum absolute atomic E-state index is 5.99. The van der Waals surface area contributed by atoms with Crippen LogP contribution in [-0.2, 0) is 13.0 Å². The van der Waals surface area contributed by atoms with Gasteiger partial charge in [0.2, 0.25) is 0 Å². The van der Waals surface area contributed by atoms with Gasteiger partial charge in [0.05, 0.1) is 0 Å². The Morgan fingerprint density at radius 2 is 2.00 bits per heavy atom. The van der Waals surface area contributed by atoms with Gasteiger partial charge in [0.25, 0.3) is 0 Å². The Kier molecular flexibility index (Phi) is 5.45. The zero-order valence-electron chi connectivity index (χ0n) is 10.6. The first-order valence-corrected chi connectivity index (χ1v) is 8.41. The van der Waals surface area contributed by atoms with Gasteiger partial charge in [-0.25, -0.2) is 0 Å². The molecule has 1 heterocycles. The Hall–Kier alpha value is -0.360. The van der Waals surface area contributed by atoms with Gasteiger partial charge in [-0.1, -0.05) is 15.9 Å². The van der Waals surface area contributed by atoms with Crippen LogP contribution < -0.4 is 10.5 Å². The predicted octanol–water partition coefficient (Wildman–Crippen LogP) is 4.66. The standard InChI is InChI=1S/C14H15Br2NOS/c1-9-4-11(15)5-10(2-3-17)14(9)18-7-13-6-12(16)8-19-13/h4-6,8H,2-3,7,17H2,1H3. The lowest BCUT2D eigenvalue weighted by Gasteiger charge is -2.14. The lowest BCUT2D eigenvalue weighted by atomic mass is 10.1. The normalized spacial score (nSPS) is 10.7. The van der Waals surface area contributed by atoms with Crippen LogP contribution >= 0.6 is 43.2 Å². The van der Waals surface area contributed by atoms with Gasteiger partial charge < -0.3 is 10.5 Å². The van der Waals surface area contributed by atoms with E-state index in [0.29, 0.717) is 13.2 Å². The van der Waals surface area contributed by atoms with Gasteiger partial charge in [-0.05, 0) is 65.1 Å². The molecule has 0 bridgehead atoms. The van der Waals surface area contributed by atoms with Crippen molar-refractivity contribution in [3.63, 3.8) is 0 Å². The highest BCUT2D eigenvalue weighted by atomic mass is 79.9. The van der Waals surface area contributed by atoms with Crippen LogP contribution in [0.15, 0.2) is 32.5 Å². The number of ether oxygens (including phenoxy) is 1. The lowest BCUT2D eigenvalue weighted by Crippen LogP contribution is -2.06. The number of hydrogen-bond donors (Lipinski definition) is 1. The third-order valence-electron chi connectivity index (χ3n) is 2.71. The molecule has 0 saturated carbocycles. The van der Waals surface area contributed by atoms with Crippen molar-refractivity contribution in [3.05, 3.63) is 48.5 Å². The smallest absolute Gasteiger partial charge is 0.126 e. The second-order valence-electron chi connectivity index (χ2n) is 4.27. The van der Waals surface area contributed by atoms with Crippen LogP contribution in [0.25, 0.3) is 0 Å². The second-order valence-corrected chi connectivity index (χ2v) is 7.10. The van der Waals surface area contributed by atoms with Gasteiger partial charge in [-0.3, -0.25) is 0 Å². The molecular formula is C14H15Br2NOS. The van der Waals surface area contributed by atoms with Crippen molar-refractivity contribution < 1.29 is 4.74 Å². The van der Waals surface area contributed by atoms with E-state index in [1.165, 1.54) is 4.88 Å². The minimum atomic E-state index is 0.594. The molecule has 0 saturated heterocycles. The Morgan fingerprint density at radius 1 is 1.21 bits per heavy atom. The molecule has 0 radical (unpaired) electrons. The number of benzene rings is 1. The van der Waals surface area contributed by atoms with Crippen LogP contribution in [0.4, 0.5) is 0 Å². The summed E-state index contributed by atoms with van der Waals surface area (Å²) in [6.45, 7) is 3.28. The minimum Gasteiger partial charge on any atom is -0.488 e. The quantitative estimate of drug-likeness (QED) is 0.786. The predicted molar refractivity (Wildman–Crippen MR) is 88.0 cm³/mol. The highest BCUT2D eigenvalue weighted by Crippen LogP contribution is 2.30. The first-order chi connectivity index (χ1) is 9.10. The first-order valence-electron chi connectivity index (χ1n) is 5.95. The maximum atomic E-state index is 5.99. The molecule has 0 aliphatic carbocycles. The van der Waals surface area contributed by atoms with Crippen LogP contribution in [0.1, 0.15) is 16.0 Å². The number of aryl methyl sites for hydroxylation is 1. The van der Waals surface area contributed by atoms with Crippen molar-refractivity contribution in [1.82, 2.24) is 0 Å². The fourth-order valence-electron chi connectivity index (χ4n) is 1.92. The van der Waals surface area contributed by atoms with Crippen LogP contribution in [0, 0.1) is 6.92 Å². The fourth-order valence-corrected chi connectivity index (χ4v) is 3.90. The Morgan fingerprint density at radius 3 is 2.63 bits per heavy atom. The minimum absolute atomic E-state index is 0.594. The summed E-state index contributed by atoms with van der Waals surface area (Å²) in [5.74, 6) is 0.957. The number of rotatable bonds is 5. The van der Waals surface area contributed by atoms with Crippen molar-refractivity contribution >= 4 is 43.2 Å². The van der Waals surface area contributed by atoms with E-state index in [4.69, 9.17) is 10.5 Å². The summed E-state index contributed by atoms with van der Waals surface area (Å²) >= 11 is 8.66. The van der Waals surface area contributed by atoms with E-state index in [-0.39, 0.29) is 0 Å². The molecule has 0 aliphatic heterocycles. The fraction of sp³-hybridized carbons (Fsp3) is 0.286. The van der Waals surface area contributed by atoms with Gasteiger partial charge >= 0.3 is 0 Å². The van der Waals surface area contributed by atoms with Gasteiger partial charge in [0.15, 0.2) is 0 Å². The van der Waals surface area contributed by atoms with Gasteiger partial charge in [0.1, 0.15) is 12.4 Å². The molecular weight excluding hydrogens is 390 g/mol. The van der Waals surface area contributed by atoms with E-state index in [9.17, 15) is 0 Å². The molecule has 2 N–H and O–H groups in total. The molecule has 0 atom stereocenters. The first kappa shape index (κ1) is 15.0. The number of halogens is 2. The van der Waals surface area contributed by atoms with Crippen LogP contribution in [-0.4, -0.2) is 6.54 Å². The number of thiophene rings is 1. The topological polar surface area (TPSA) is 35.2 Å². The van der Waals surface area contributed by atoms with Crippen molar-refractivity contribution in [2.75, 3.05) is 6.54 Å². The van der Waals surface area contributed by atoms with Crippen LogP contribution in [0.3, 0.4) is 0 Å². The second kappa shape index (κ2) is 6.88. The summed E-state index contributed by atoms with van der Waals surface area (Å²) in [4.78, 5) is 1.20. The number of nitrogens with two attached hydrogens (primary N) is 1. The summed E-state index contributed by atoms with van der Waals surface area (Å²) < 4.78 is 8.16. The van der Waals surface area contributed by atoms with E-state index in [0.717, 1.165) is 32.2 Å². The third kappa shape index (κ3) is 4.05. The van der Waals surface area contributed by atoms with Gasteiger partial charge in [-0.15, -0.1) is 11.3 Å². The Balaban J connectivity index is 2.18. The van der Waals surface area contributed by atoms with Gasteiger partial charge in [-0.2, -0.15) is 0 Å². The lowest BCUT2D eigenvalue weighted by molar-refractivity contribution is 0.304. The average Bonchev–Trinajstić information content (AvgIpc) is 2.74. The summed E-state index contributed by atoms with van der Waals surface area (Å²) in [7, 11) is 0. The van der Waals surface area contributed by atoms with E-state index < -0.39 is 0 Å². The van der Waals surface area contributed by atoms with Gasteiger partial charge in [0, 0.05) is 19.2 Å². The molecule has 5 heteroatoms. The summed E-state index contributed by atoms with van der Waals surface area (Å²) in [6.07, 6.45) is 0.823. The average molecular weight is 405 g/mol. The van der Waals surface area contributed by atoms with Crippen LogP contribution in [0.2, 0.25) is 0 Å². The van der Waals surface area contributed by atoms with Crippen molar-refractivity contribution in [2.45, 2.75) is 20.0 Å². The highest BCUT2D eigenvalue weighted by Gasteiger charge is 2.09. The SMILES string of the molecule is Cc1cc(Br)cc(CCN)c1OCc1cc(Br)cs1. The molecule has 2 aromatic rings. The van der Waals surface area contributed by atoms with Crippen molar-refractivity contribution in [2.24, 2.45) is 5.73 Å². The molecule has 102 valence electrons. The molecule has 1 aromatic heterocycles. The molecule has 2 rings (SSSR count). The molecule has 19 heavy (non-hydrogen) atoms. The van der Waals surface area contributed by atoms with Crippen molar-refractivity contribution in [1.29, 1.82) is 0 Å². The van der Waals surface area contributed by atoms with Crippen molar-refractivity contribution in [3.8, 4) is 5.75 Å². The molecule has 0 spiro atoms. The van der Waals surface area contributed by atoms with E-state index >= 15 is 0 Å². The molecule has 1 aromatic carbocycles. The zero-order chi connectivity index (χ0) is 13.8. The molecule has 0 amide bonds. The summed E-state index contributed by atoms with van der Waals surface area (Å²) in [5.41, 5.74) is 7.96. The third-order valence-corrected chi connectivity index (χ3v) is 4.84.